The third kappa shape index (κ3) is 9.06. The molecule has 0 spiro atoms. The van der Waals surface area contributed by atoms with Gasteiger partial charge in [-0.1, -0.05) is 0 Å². The van der Waals surface area contributed by atoms with Crippen molar-refractivity contribution in [2.24, 2.45) is 0 Å². The van der Waals surface area contributed by atoms with E-state index in [2.05, 4.69) is 0 Å². The predicted molar refractivity (Wildman–Crippen MR) is 25.9 cm³/mol. The Balaban J connectivity index is 0. The molecular weight excluding hydrogens is 183 g/mol. The molecule has 0 radical (unpaired) electrons. The standard InChI is InChI=1S/Al.Ca.Mg.Zr.7H/q;2*+2;;;;;4*-1. The second-order valence-corrected chi connectivity index (χ2v) is 0. The van der Waals surface area contributed by atoms with Crippen LogP contribution < -0.4 is 0 Å². The summed E-state index contributed by atoms with van der Waals surface area (Å²) in [6.45, 7) is 0. The van der Waals surface area contributed by atoms with Gasteiger partial charge in [0.15, 0.2) is 17.4 Å². The van der Waals surface area contributed by atoms with Crippen molar-refractivity contribution in [1.82, 2.24) is 0 Å². The van der Waals surface area contributed by atoms with Crippen molar-refractivity contribution in [2.75, 3.05) is 0 Å². The largest absolute Gasteiger partial charge is 2.00 e. The first-order chi connectivity index (χ1) is 0. The molecule has 0 nitrogen and oxygen atoms in total. The molecule has 0 rings (SSSR count). The molecule has 0 unspecified atom stereocenters. The van der Waals surface area contributed by atoms with E-state index in [4.69, 9.17) is 0 Å². The van der Waals surface area contributed by atoms with Gasteiger partial charge in [-0.05, 0) is 0 Å². The van der Waals surface area contributed by atoms with Crippen LogP contribution in [0.1, 0.15) is 5.71 Å². The van der Waals surface area contributed by atoms with Gasteiger partial charge in [-0.25, -0.2) is 0 Å². The van der Waals surface area contributed by atoms with Crippen LogP contribution in [-0.4, -0.2) is 78.2 Å². The molecule has 0 atom stereocenters. The maximum Gasteiger partial charge on any atom is 2.00 e. The van der Waals surface area contributed by atoms with Crippen LogP contribution >= 0.6 is 0 Å². The number of rotatable bonds is 0. The fourth-order valence-electron chi connectivity index (χ4n) is 0. The van der Waals surface area contributed by atoms with Crippen LogP contribution in [0.25, 0.3) is 0 Å². The molecule has 0 aliphatic heterocycles. The van der Waals surface area contributed by atoms with Crippen molar-refractivity contribution in [3.63, 3.8) is 0 Å². The molecule has 0 amide bonds. The minimum Gasteiger partial charge on any atom is -1.00 e. The zero-order chi connectivity index (χ0) is 0. The SMILES string of the molecule is [AlH3].[Ca+2].[H-].[H-].[H-].[H-].[Mg+2].[Zr]. The summed E-state index contributed by atoms with van der Waals surface area (Å²) in [4.78, 5) is 0. The summed E-state index contributed by atoms with van der Waals surface area (Å²) >= 11 is 0. The Labute approximate surface area is 108 Å². The first-order valence-corrected chi connectivity index (χ1v) is 0. The van der Waals surface area contributed by atoms with E-state index >= 15 is 0 Å². The van der Waals surface area contributed by atoms with Gasteiger partial charge in [-0.15, -0.1) is 0 Å². The summed E-state index contributed by atoms with van der Waals surface area (Å²) in [6.07, 6.45) is 0. The second kappa shape index (κ2) is 16.1. The molecule has 0 aromatic rings. The summed E-state index contributed by atoms with van der Waals surface area (Å²) in [5.41, 5.74) is 0. The van der Waals surface area contributed by atoms with Gasteiger partial charge in [0.2, 0.25) is 0 Å². The fraction of sp³-hybridized carbons (Fsp3) is 0. The van der Waals surface area contributed by atoms with Crippen molar-refractivity contribution < 1.29 is 31.9 Å². The smallest absolute Gasteiger partial charge is 1.00 e. The molecule has 4 heteroatoms. The molecule has 0 N–H and O–H groups in total. The number of hydrogen-bond donors (Lipinski definition) is 0. The van der Waals surface area contributed by atoms with Crippen molar-refractivity contribution in [3.05, 3.63) is 0 Å². The molecule has 0 saturated carbocycles. The Morgan fingerprint density at radius 1 is 1.25 bits per heavy atom. The minimum absolute atomic E-state index is 0. The van der Waals surface area contributed by atoms with Gasteiger partial charge in [0, 0.05) is 26.2 Å². The third-order valence-corrected chi connectivity index (χ3v) is 0. The van der Waals surface area contributed by atoms with Crippen LogP contribution in [0, 0.1) is 0 Å². The van der Waals surface area contributed by atoms with Crippen LogP contribution in [0.2, 0.25) is 0 Å². The van der Waals surface area contributed by atoms with Crippen molar-refractivity contribution >= 4 is 78.2 Å². The van der Waals surface area contributed by atoms with E-state index in [9.17, 15) is 0 Å². The van der Waals surface area contributed by atoms with Crippen molar-refractivity contribution in [1.29, 1.82) is 0 Å². The average molecular weight is 190 g/mol. The number of hydrogen-bond acceptors (Lipinski definition) is 0. The maximum atomic E-state index is 0. The maximum absolute atomic E-state index is 0. The van der Waals surface area contributed by atoms with Gasteiger partial charge in [0.05, 0.1) is 0 Å². The molecule has 4 heavy (non-hydrogen) atoms. The van der Waals surface area contributed by atoms with Gasteiger partial charge in [-0.2, -0.15) is 0 Å². The molecule has 0 saturated heterocycles. The van der Waals surface area contributed by atoms with Crippen LogP contribution in [0.5, 0.6) is 0 Å². The van der Waals surface area contributed by atoms with E-state index in [1.54, 1.807) is 0 Å². The van der Waals surface area contributed by atoms with E-state index in [0.717, 1.165) is 0 Å². The van der Waals surface area contributed by atoms with Crippen LogP contribution in [0.3, 0.4) is 0 Å². The zero-order valence-corrected chi connectivity index (χ0v) is 7.99. The summed E-state index contributed by atoms with van der Waals surface area (Å²) in [5.74, 6) is 0. The van der Waals surface area contributed by atoms with Gasteiger partial charge in [-0.3, -0.25) is 0 Å². The molecular formula is H7AlCaMgZr. The summed E-state index contributed by atoms with van der Waals surface area (Å²) in [7, 11) is 0. The topological polar surface area (TPSA) is 0 Å². The second-order valence-electron chi connectivity index (χ2n) is 0. The fourth-order valence-corrected chi connectivity index (χ4v) is 0. The van der Waals surface area contributed by atoms with Gasteiger partial charge in [0.25, 0.3) is 0 Å². The molecule has 0 bridgehead atoms. The molecule has 0 aromatic heterocycles. The summed E-state index contributed by atoms with van der Waals surface area (Å²) in [6, 6.07) is 0. The Morgan fingerprint density at radius 2 is 1.25 bits per heavy atom. The summed E-state index contributed by atoms with van der Waals surface area (Å²) in [5, 5.41) is 0. The van der Waals surface area contributed by atoms with Gasteiger partial charge < -0.3 is 5.71 Å². The Bertz CT molecular complexity index is 16.0. The Hall–Kier alpha value is 3.44. The molecule has 0 heterocycles. The molecule has 18 valence electrons. The summed E-state index contributed by atoms with van der Waals surface area (Å²) < 4.78 is 0. The molecule has 0 fully saturated rings. The predicted octanol–water partition coefficient (Wildman–Crippen LogP) is -1.50. The van der Waals surface area contributed by atoms with E-state index < -0.39 is 0 Å². The average Bonchev–Trinajstić information content (AvgIpc) is 0. The first kappa shape index (κ1) is 26.1. The minimum atomic E-state index is 0. The van der Waals surface area contributed by atoms with Gasteiger partial charge in [0.1, 0.15) is 0 Å². The zero-order valence-electron chi connectivity index (χ0n) is 5.91. The molecule has 0 aliphatic rings. The van der Waals surface area contributed by atoms with E-state index in [0.29, 0.717) is 0 Å². The van der Waals surface area contributed by atoms with E-state index in [-0.39, 0.29) is 110 Å². The van der Waals surface area contributed by atoms with Crippen LogP contribution in [-0.2, 0) is 26.2 Å². The molecule has 0 aromatic carbocycles. The third-order valence-electron chi connectivity index (χ3n) is 0. The normalized spacial score (nSPS) is 0. The monoisotopic (exact) mass is 188 g/mol. The van der Waals surface area contributed by atoms with Crippen molar-refractivity contribution in [3.8, 4) is 0 Å². The van der Waals surface area contributed by atoms with Crippen LogP contribution in [0.15, 0.2) is 0 Å². The Morgan fingerprint density at radius 3 is 1.25 bits per heavy atom. The quantitative estimate of drug-likeness (QED) is 0.407. The Kier molecular flexibility index (Phi) is 105. The van der Waals surface area contributed by atoms with Crippen LogP contribution in [0.4, 0.5) is 0 Å². The van der Waals surface area contributed by atoms with Crippen molar-refractivity contribution in [2.45, 2.75) is 0 Å². The van der Waals surface area contributed by atoms with E-state index in [1.807, 2.05) is 0 Å². The van der Waals surface area contributed by atoms with E-state index in [1.165, 1.54) is 0 Å². The first-order valence-electron chi connectivity index (χ1n) is 0. The molecule has 0 aliphatic carbocycles. The van der Waals surface area contributed by atoms with Gasteiger partial charge >= 0.3 is 60.8 Å².